The molecule has 2 aromatic carbocycles. The van der Waals surface area contributed by atoms with Crippen molar-refractivity contribution in [3.8, 4) is 0 Å². The molecule has 2 unspecified atom stereocenters. The van der Waals surface area contributed by atoms with E-state index >= 15 is 0 Å². The third-order valence-corrected chi connectivity index (χ3v) is 5.95. The predicted molar refractivity (Wildman–Crippen MR) is 107 cm³/mol. The maximum absolute atomic E-state index is 13.2. The van der Waals surface area contributed by atoms with Crippen molar-refractivity contribution in [2.45, 2.75) is 18.5 Å². The first-order valence-electron chi connectivity index (χ1n) is 8.88. The van der Waals surface area contributed by atoms with Gasteiger partial charge < -0.3 is 10.2 Å². The minimum Gasteiger partial charge on any atom is -0.351 e. The van der Waals surface area contributed by atoms with E-state index < -0.39 is 5.92 Å². The number of fused-ring (bicyclic) bond motifs is 1. The molecular formula is C22H20N2O2S. The Morgan fingerprint density at radius 3 is 2.52 bits per heavy atom. The van der Waals surface area contributed by atoms with Crippen molar-refractivity contribution in [2.75, 3.05) is 7.05 Å². The van der Waals surface area contributed by atoms with Crippen LogP contribution in [-0.4, -0.2) is 23.8 Å². The lowest BCUT2D eigenvalue weighted by Gasteiger charge is -2.39. The maximum Gasteiger partial charge on any atom is 0.254 e. The van der Waals surface area contributed by atoms with Crippen LogP contribution in [0.3, 0.4) is 0 Å². The van der Waals surface area contributed by atoms with E-state index in [1.165, 1.54) is 0 Å². The molecule has 5 heteroatoms. The van der Waals surface area contributed by atoms with Gasteiger partial charge in [0.1, 0.15) is 0 Å². The summed E-state index contributed by atoms with van der Waals surface area (Å²) in [4.78, 5) is 28.8. The van der Waals surface area contributed by atoms with Gasteiger partial charge in [-0.05, 0) is 28.6 Å². The fourth-order valence-corrected chi connectivity index (χ4v) is 4.57. The van der Waals surface area contributed by atoms with E-state index in [4.69, 9.17) is 0 Å². The van der Waals surface area contributed by atoms with E-state index in [9.17, 15) is 9.59 Å². The number of benzene rings is 2. The molecule has 3 aromatic rings. The average Bonchev–Trinajstić information content (AvgIpc) is 3.24. The first-order valence-corrected chi connectivity index (χ1v) is 9.76. The molecule has 0 saturated heterocycles. The van der Waals surface area contributed by atoms with Crippen molar-refractivity contribution >= 4 is 23.2 Å². The van der Waals surface area contributed by atoms with Gasteiger partial charge >= 0.3 is 0 Å². The summed E-state index contributed by atoms with van der Waals surface area (Å²) in [7, 11) is 1.78. The molecule has 4 nitrogen and oxygen atoms in total. The van der Waals surface area contributed by atoms with E-state index in [-0.39, 0.29) is 17.9 Å². The van der Waals surface area contributed by atoms with Gasteiger partial charge in [0.2, 0.25) is 5.91 Å². The number of hydrogen-bond acceptors (Lipinski definition) is 3. The Labute approximate surface area is 162 Å². The van der Waals surface area contributed by atoms with Crippen LogP contribution >= 0.6 is 11.3 Å². The maximum atomic E-state index is 13.2. The summed E-state index contributed by atoms with van der Waals surface area (Å²) in [5.41, 5.74) is 2.45. The molecule has 136 valence electrons. The molecule has 2 atom stereocenters. The first-order chi connectivity index (χ1) is 13.2. The lowest BCUT2D eigenvalue weighted by Crippen LogP contribution is -2.45. The van der Waals surface area contributed by atoms with Gasteiger partial charge in [-0.25, -0.2) is 0 Å². The Morgan fingerprint density at radius 1 is 1.04 bits per heavy atom. The lowest BCUT2D eigenvalue weighted by molar-refractivity contribution is -0.124. The van der Waals surface area contributed by atoms with Gasteiger partial charge in [0.25, 0.3) is 5.91 Å². The number of thiophene rings is 1. The second-order valence-electron chi connectivity index (χ2n) is 6.64. The molecule has 4 rings (SSSR count). The summed E-state index contributed by atoms with van der Waals surface area (Å²) in [5, 5.41) is 5.04. The summed E-state index contributed by atoms with van der Waals surface area (Å²) in [6.07, 6.45) is 0. The molecule has 0 aliphatic carbocycles. The zero-order valence-electron chi connectivity index (χ0n) is 15.0. The molecular weight excluding hydrogens is 356 g/mol. The van der Waals surface area contributed by atoms with Crippen molar-refractivity contribution < 1.29 is 9.59 Å². The van der Waals surface area contributed by atoms with Crippen LogP contribution in [0.25, 0.3) is 0 Å². The molecule has 0 saturated carbocycles. The van der Waals surface area contributed by atoms with E-state index in [1.807, 2.05) is 66.0 Å². The second-order valence-corrected chi connectivity index (χ2v) is 7.62. The second kappa shape index (κ2) is 7.37. The van der Waals surface area contributed by atoms with Gasteiger partial charge in [0, 0.05) is 24.0 Å². The third kappa shape index (κ3) is 3.26. The highest BCUT2D eigenvalue weighted by Gasteiger charge is 2.42. The van der Waals surface area contributed by atoms with Crippen molar-refractivity contribution in [1.29, 1.82) is 0 Å². The highest BCUT2D eigenvalue weighted by molar-refractivity contribution is 7.10. The molecule has 0 fully saturated rings. The van der Waals surface area contributed by atoms with Crippen LogP contribution in [0.5, 0.6) is 0 Å². The Balaban J connectivity index is 1.70. The molecule has 0 spiro atoms. The van der Waals surface area contributed by atoms with E-state index in [0.717, 1.165) is 16.0 Å². The smallest absolute Gasteiger partial charge is 0.254 e. The molecule has 2 heterocycles. The Kier molecular flexibility index (Phi) is 4.77. The topological polar surface area (TPSA) is 49.4 Å². The van der Waals surface area contributed by atoms with E-state index in [1.54, 1.807) is 29.4 Å². The minimum atomic E-state index is -0.439. The summed E-state index contributed by atoms with van der Waals surface area (Å²) in [6.45, 7) is 0.465. The number of hydrogen-bond donors (Lipinski definition) is 1. The molecule has 0 bridgehead atoms. The number of rotatable bonds is 4. The molecule has 1 aliphatic heterocycles. The average molecular weight is 376 g/mol. The lowest BCUT2D eigenvalue weighted by atomic mass is 9.81. The molecule has 1 aliphatic rings. The predicted octanol–water partition coefficient (Wildman–Crippen LogP) is 3.98. The summed E-state index contributed by atoms with van der Waals surface area (Å²) in [5.74, 6) is -0.550. The highest BCUT2D eigenvalue weighted by Crippen LogP contribution is 2.43. The molecule has 27 heavy (non-hydrogen) atoms. The van der Waals surface area contributed by atoms with E-state index in [2.05, 4.69) is 5.32 Å². The largest absolute Gasteiger partial charge is 0.351 e. The van der Waals surface area contributed by atoms with Crippen molar-refractivity contribution in [2.24, 2.45) is 0 Å². The van der Waals surface area contributed by atoms with Crippen LogP contribution in [0.4, 0.5) is 0 Å². The summed E-state index contributed by atoms with van der Waals surface area (Å²) >= 11 is 1.57. The zero-order valence-corrected chi connectivity index (χ0v) is 15.8. The van der Waals surface area contributed by atoms with Crippen LogP contribution in [-0.2, 0) is 11.3 Å². The van der Waals surface area contributed by atoms with Crippen LogP contribution in [0.15, 0.2) is 72.1 Å². The van der Waals surface area contributed by atoms with Gasteiger partial charge in [-0.3, -0.25) is 9.59 Å². The molecule has 1 N–H and O–H groups in total. The van der Waals surface area contributed by atoms with Crippen LogP contribution in [0.1, 0.15) is 38.3 Å². The number of amides is 2. The molecule has 0 radical (unpaired) electrons. The Bertz CT molecular complexity index is 953. The minimum absolute atomic E-state index is 0.0453. The number of nitrogens with one attached hydrogen (secondary N) is 1. The summed E-state index contributed by atoms with van der Waals surface area (Å²) in [6, 6.07) is 20.9. The van der Waals surface area contributed by atoms with Gasteiger partial charge in [0.05, 0.1) is 12.0 Å². The Morgan fingerprint density at radius 2 is 1.78 bits per heavy atom. The van der Waals surface area contributed by atoms with E-state index in [0.29, 0.717) is 12.1 Å². The normalized spacial score (nSPS) is 18.9. The fourth-order valence-electron chi connectivity index (χ4n) is 3.67. The van der Waals surface area contributed by atoms with Gasteiger partial charge in [0.15, 0.2) is 0 Å². The number of carbonyl (C=O) groups excluding carboxylic acids is 2. The van der Waals surface area contributed by atoms with Gasteiger partial charge in [-0.2, -0.15) is 0 Å². The third-order valence-electron chi connectivity index (χ3n) is 5.01. The standard InChI is InChI=1S/C22H20N2O2S/c1-24-20(18-12-7-13-27-18)19(16-10-5-6-11-17(16)22(24)26)21(25)23-14-15-8-3-2-4-9-15/h2-13,19-20H,14H2,1H3,(H,23,25). The van der Waals surface area contributed by atoms with Crippen molar-refractivity contribution in [3.05, 3.63) is 93.7 Å². The number of carbonyl (C=O) groups is 2. The first kappa shape index (κ1) is 17.5. The zero-order chi connectivity index (χ0) is 18.8. The van der Waals surface area contributed by atoms with Crippen molar-refractivity contribution in [3.63, 3.8) is 0 Å². The Hall–Kier alpha value is -2.92. The quantitative estimate of drug-likeness (QED) is 0.749. The van der Waals surface area contributed by atoms with Crippen LogP contribution in [0, 0.1) is 0 Å². The van der Waals surface area contributed by atoms with Crippen molar-refractivity contribution in [1.82, 2.24) is 10.2 Å². The molecule has 1 aromatic heterocycles. The van der Waals surface area contributed by atoms with Crippen LogP contribution < -0.4 is 5.32 Å². The monoisotopic (exact) mass is 376 g/mol. The highest BCUT2D eigenvalue weighted by atomic mass is 32.1. The van der Waals surface area contributed by atoms with Gasteiger partial charge in [-0.1, -0.05) is 54.6 Å². The van der Waals surface area contributed by atoms with Crippen LogP contribution in [0.2, 0.25) is 0 Å². The number of likely N-dealkylation sites (N-methyl/N-ethyl adjacent to an activating group) is 1. The summed E-state index contributed by atoms with van der Waals surface area (Å²) < 4.78 is 0. The van der Waals surface area contributed by atoms with Gasteiger partial charge in [-0.15, -0.1) is 11.3 Å². The SMILES string of the molecule is CN1C(=O)c2ccccc2C(C(=O)NCc2ccccc2)C1c1cccs1. The molecule has 2 amide bonds. The fraction of sp³-hybridized carbons (Fsp3) is 0.182. The number of nitrogens with zero attached hydrogens (tertiary/aromatic N) is 1.